The van der Waals surface area contributed by atoms with Gasteiger partial charge in [0, 0.05) is 69.7 Å². The van der Waals surface area contributed by atoms with Crippen molar-refractivity contribution in [3.63, 3.8) is 0 Å². The molecule has 1 aliphatic heterocycles. The summed E-state index contributed by atoms with van der Waals surface area (Å²) in [7, 11) is 0. The van der Waals surface area contributed by atoms with Gasteiger partial charge in [-0.2, -0.15) is 4.79 Å². The molecule has 1 aromatic carbocycles. The number of benzene rings is 1. The molecule has 0 unspecified atom stereocenters. The van der Waals surface area contributed by atoms with Crippen molar-refractivity contribution < 1.29 is 49.8 Å². The number of hydrogen-bond acceptors (Lipinski definition) is 6. The number of hydrogen-bond donors (Lipinski definition) is 1. The molecule has 1 N–H and O–H groups in total. The van der Waals surface area contributed by atoms with Crippen LogP contribution in [-0.2, 0) is 4.79 Å². The van der Waals surface area contributed by atoms with Crippen LogP contribution in [0.25, 0.3) is 0 Å². The molecule has 2 aromatic rings. The average molecular weight is 690 g/mol. The molecule has 1 aliphatic rings. The Labute approximate surface area is 214 Å². The van der Waals surface area contributed by atoms with Gasteiger partial charge >= 0.3 is 0 Å². The summed E-state index contributed by atoms with van der Waals surface area (Å²) in [6.07, 6.45) is 2.49. The van der Waals surface area contributed by atoms with Gasteiger partial charge in [-0.1, -0.05) is 18.1 Å². The number of amides is 2. The predicted octanol–water partition coefficient (Wildman–Crippen LogP) is 1.66. The minimum absolute atomic E-state index is 0. The second-order valence-corrected chi connectivity index (χ2v) is 7.43. The van der Waals surface area contributed by atoms with Gasteiger partial charge in [-0.3, -0.25) is 9.59 Å². The van der Waals surface area contributed by atoms with Crippen molar-refractivity contribution in [2.45, 2.75) is 25.9 Å². The fourth-order valence-electron chi connectivity index (χ4n) is 3.23. The van der Waals surface area contributed by atoms with Gasteiger partial charge < -0.3 is 26.9 Å². The molecule has 2 amide bonds. The predicted molar refractivity (Wildman–Crippen MR) is 113 cm³/mol. The van der Waals surface area contributed by atoms with Gasteiger partial charge in [0.15, 0.2) is 5.69 Å². The third-order valence-electron chi connectivity index (χ3n) is 5.01. The Balaban J connectivity index is 0.00000363. The fraction of sp³-hybridized carbons (Fsp3) is 0.450. The molecule has 0 spiro atoms. The summed E-state index contributed by atoms with van der Waals surface area (Å²) in [5.41, 5.74) is 0.124. The van der Waals surface area contributed by atoms with E-state index in [-0.39, 0.29) is 55.4 Å². The van der Waals surface area contributed by atoms with Crippen LogP contribution >= 0.6 is 11.6 Å². The average Bonchev–Trinajstić information content (AvgIpc) is 3.26. The number of piperidine rings is 1. The number of nitrogens with one attached hydrogen (secondary N) is 1. The van der Waals surface area contributed by atoms with Gasteiger partial charge in [-0.25, -0.2) is 4.39 Å². The summed E-state index contributed by atoms with van der Waals surface area (Å²) in [5, 5.41) is 12.5. The van der Waals surface area contributed by atoms with E-state index in [0.29, 0.717) is 49.8 Å². The van der Waals surface area contributed by atoms with E-state index in [1.807, 2.05) is 6.92 Å². The van der Waals surface area contributed by atoms with Gasteiger partial charge in [0.1, 0.15) is 17.7 Å². The number of nitrogens with zero attached hydrogens (tertiary/aromatic N) is 5. The summed E-state index contributed by atoms with van der Waals surface area (Å²) in [6, 6.07) is 3.97. The number of carbonyl (C=O) groups excluding carboxylic acids is 2. The Morgan fingerprint density at radius 3 is 2.75 bits per heavy atom. The van der Waals surface area contributed by atoms with Crippen molar-refractivity contribution in [1.82, 2.24) is 25.3 Å². The molecule has 0 aliphatic carbocycles. The standard InChI is InChI=1S/C20H25ClFN6O3.U/c1-3-27(4-2)28-13-17(24-25-28)20(30)23-12-19(29)26-9-7-15(8-10-26)31-18-11-14(22)5-6-16(18)21;/h5-6,11,13,15H,1,3-4,7-10,12H2,2H3,(H,23,30);/q-1;. The summed E-state index contributed by atoms with van der Waals surface area (Å²) in [6.45, 7) is 7.67. The van der Waals surface area contributed by atoms with Crippen molar-refractivity contribution in [1.29, 1.82) is 0 Å². The largest absolute Gasteiger partial charge is 0.489 e. The topological polar surface area (TPSA) is 92.6 Å². The van der Waals surface area contributed by atoms with Gasteiger partial charge in [0.25, 0.3) is 5.91 Å². The van der Waals surface area contributed by atoms with Crippen LogP contribution in [0, 0.1) is 43.9 Å². The molecule has 172 valence electrons. The van der Waals surface area contributed by atoms with Crippen LogP contribution in [-0.4, -0.2) is 70.6 Å². The Morgan fingerprint density at radius 1 is 1.38 bits per heavy atom. The third kappa shape index (κ3) is 6.83. The molecule has 9 nitrogen and oxygen atoms in total. The first kappa shape index (κ1) is 26.4. The third-order valence-corrected chi connectivity index (χ3v) is 5.32. The molecule has 1 aromatic heterocycles. The Bertz CT molecular complexity index is 918. The van der Waals surface area contributed by atoms with E-state index in [2.05, 4.69) is 22.6 Å². The number of aromatic nitrogens is 3. The maximum atomic E-state index is 13.4. The summed E-state index contributed by atoms with van der Waals surface area (Å²) in [4.78, 5) is 27.8. The zero-order chi connectivity index (χ0) is 22.4. The smallest absolute Gasteiger partial charge is 0.273 e. The number of carbonyl (C=O) groups is 2. The molecule has 1 fully saturated rings. The zero-order valence-electron chi connectivity index (χ0n) is 17.8. The first-order valence-corrected chi connectivity index (χ1v) is 10.4. The van der Waals surface area contributed by atoms with Crippen LogP contribution in [0.15, 0.2) is 24.4 Å². The maximum absolute atomic E-state index is 13.4. The van der Waals surface area contributed by atoms with Gasteiger partial charge in [0.05, 0.1) is 17.8 Å². The number of rotatable bonds is 8. The monoisotopic (exact) mass is 689 g/mol. The van der Waals surface area contributed by atoms with Crippen molar-refractivity contribution in [2.24, 2.45) is 0 Å². The SMILES string of the molecule is [CH2-]CN(CC)n1cc(C(=O)NCC(=O)N2CCC(Oc3cc(F)ccc3Cl)CC2)nn1.[U]. The number of likely N-dealkylation sites (tertiary alicyclic amines) is 1. The van der Waals surface area contributed by atoms with Crippen LogP contribution in [0.4, 0.5) is 4.39 Å². The second-order valence-electron chi connectivity index (χ2n) is 7.03. The summed E-state index contributed by atoms with van der Waals surface area (Å²) >= 11 is 6.04. The number of halogens is 2. The number of ether oxygens (including phenoxy) is 1. The van der Waals surface area contributed by atoms with Gasteiger partial charge in [-0.05, 0) is 24.3 Å². The van der Waals surface area contributed by atoms with Crippen LogP contribution < -0.4 is 15.1 Å². The molecule has 0 saturated carbocycles. The Kier molecular flexibility index (Phi) is 10.3. The van der Waals surface area contributed by atoms with Crippen molar-refractivity contribution in [3.05, 3.63) is 47.9 Å². The molecule has 32 heavy (non-hydrogen) atoms. The van der Waals surface area contributed by atoms with E-state index in [0.717, 1.165) is 0 Å². The molecule has 0 radical (unpaired) electrons. The van der Waals surface area contributed by atoms with Crippen molar-refractivity contribution >= 4 is 23.4 Å². The van der Waals surface area contributed by atoms with Crippen molar-refractivity contribution in [2.75, 3.05) is 37.7 Å². The van der Waals surface area contributed by atoms with E-state index >= 15 is 0 Å². The van der Waals surface area contributed by atoms with Gasteiger partial charge in [0.2, 0.25) is 5.91 Å². The van der Waals surface area contributed by atoms with Crippen LogP contribution in [0.1, 0.15) is 30.3 Å². The Morgan fingerprint density at radius 2 is 2.09 bits per heavy atom. The summed E-state index contributed by atoms with van der Waals surface area (Å²) < 4.78 is 19.2. The molecular formula is C20H25ClFN6O3U-. The first-order chi connectivity index (χ1) is 14.9. The molecular weight excluding hydrogens is 665 g/mol. The normalized spacial score (nSPS) is 13.9. The maximum Gasteiger partial charge on any atom is 0.273 e. The minimum atomic E-state index is -0.473. The van der Waals surface area contributed by atoms with Crippen LogP contribution in [0.2, 0.25) is 5.02 Å². The van der Waals surface area contributed by atoms with Gasteiger partial charge in [-0.15, -0.1) is 5.10 Å². The van der Waals surface area contributed by atoms with E-state index in [9.17, 15) is 14.0 Å². The molecule has 2 heterocycles. The van der Waals surface area contributed by atoms with E-state index in [1.54, 1.807) is 9.91 Å². The molecule has 0 atom stereocenters. The van der Waals surface area contributed by atoms with E-state index in [4.69, 9.17) is 16.3 Å². The molecule has 3 rings (SSSR count). The molecule has 1 saturated heterocycles. The summed E-state index contributed by atoms with van der Waals surface area (Å²) in [5.74, 6) is -0.793. The molecule has 12 heteroatoms. The van der Waals surface area contributed by atoms with E-state index < -0.39 is 11.7 Å². The first-order valence-electron chi connectivity index (χ1n) is 10.1. The quantitative estimate of drug-likeness (QED) is 0.425. The van der Waals surface area contributed by atoms with Crippen LogP contribution in [0.5, 0.6) is 5.75 Å². The van der Waals surface area contributed by atoms with Crippen molar-refractivity contribution in [3.8, 4) is 5.75 Å². The molecule has 0 bridgehead atoms. The Hall–Kier alpha value is -1.83. The fourth-order valence-corrected chi connectivity index (χ4v) is 3.39. The zero-order valence-corrected chi connectivity index (χ0v) is 22.7. The van der Waals surface area contributed by atoms with E-state index in [1.165, 1.54) is 29.2 Å². The minimum Gasteiger partial charge on any atom is -0.489 e. The van der Waals surface area contributed by atoms with Crippen LogP contribution in [0.3, 0.4) is 0 Å². The second kappa shape index (κ2) is 12.4.